The Labute approximate surface area is 337 Å². The number of aliphatic hydroxyl groups excluding tert-OH is 3. The van der Waals surface area contributed by atoms with Crippen molar-refractivity contribution in [2.75, 3.05) is 6.61 Å². The van der Waals surface area contributed by atoms with Crippen LogP contribution in [0, 0.1) is 0 Å². The zero-order chi connectivity index (χ0) is 39.4. The van der Waals surface area contributed by atoms with Gasteiger partial charge in [0.05, 0.1) is 18.8 Å². The molecule has 54 heavy (non-hydrogen) atoms. The summed E-state index contributed by atoms with van der Waals surface area (Å²) in [6, 6.07) is -0.800. The number of nitrogens with one attached hydrogen (secondary N) is 1. The van der Waals surface area contributed by atoms with Crippen molar-refractivity contribution in [3.8, 4) is 0 Å². The maximum atomic E-state index is 12.5. The van der Waals surface area contributed by atoms with Crippen LogP contribution in [0.25, 0.3) is 0 Å². The standard InChI is InChI=1S/C49H95NO4/c1-3-5-7-9-11-13-15-17-19-20-21-22-23-24-25-26-27-28-30-31-33-35-37-39-41-43-47(52)46(45-51)50-49(54)48(53)44-42-40-38-36-34-32-29-18-16-14-12-10-8-6-4-2/h29,32,41,43,46-48,51-53H,3-28,30-31,33-40,42,44-45H2,1-2H3,(H,50,54)/b32-29-,43-41+. The van der Waals surface area contributed by atoms with E-state index in [2.05, 4.69) is 31.3 Å². The maximum absolute atomic E-state index is 12.5. The van der Waals surface area contributed by atoms with Crippen LogP contribution in [0.1, 0.15) is 258 Å². The van der Waals surface area contributed by atoms with E-state index >= 15 is 0 Å². The lowest BCUT2D eigenvalue weighted by atomic mass is 10.0. The normalized spacial score (nSPS) is 13.6. The van der Waals surface area contributed by atoms with Gasteiger partial charge in [0.1, 0.15) is 6.10 Å². The zero-order valence-corrected chi connectivity index (χ0v) is 36.4. The quantitative estimate of drug-likeness (QED) is 0.0368. The topological polar surface area (TPSA) is 89.8 Å². The van der Waals surface area contributed by atoms with Gasteiger partial charge in [-0.25, -0.2) is 0 Å². The Bertz CT molecular complexity index is 799. The summed E-state index contributed by atoms with van der Waals surface area (Å²) in [5, 5.41) is 33.2. The van der Waals surface area contributed by atoms with Crippen LogP contribution in [-0.4, -0.2) is 46.1 Å². The Morgan fingerprint density at radius 1 is 0.444 bits per heavy atom. The van der Waals surface area contributed by atoms with Crippen molar-refractivity contribution in [2.45, 2.75) is 276 Å². The van der Waals surface area contributed by atoms with Crippen LogP contribution in [0.3, 0.4) is 0 Å². The second-order valence-corrected chi connectivity index (χ2v) is 16.7. The predicted octanol–water partition coefficient (Wildman–Crippen LogP) is 14.2. The van der Waals surface area contributed by atoms with E-state index in [0.717, 1.165) is 44.9 Å². The average Bonchev–Trinajstić information content (AvgIpc) is 3.18. The Kier molecular flexibility index (Phi) is 43.6. The molecule has 0 fully saturated rings. The van der Waals surface area contributed by atoms with Gasteiger partial charge in [-0.1, -0.05) is 237 Å². The molecule has 5 heteroatoms. The summed E-state index contributed by atoms with van der Waals surface area (Å²) in [6.07, 6.45) is 55.1. The minimum atomic E-state index is -1.11. The molecule has 0 bridgehead atoms. The summed E-state index contributed by atoms with van der Waals surface area (Å²) < 4.78 is 0. The van der Waals surface area contributed by atoms with E-state index in [1.54, 1.807) is 6.08 Å². The van der Waals surface area contributed by atoms with Gasteiger partial charge in [-0.05, 0) is 44.9 Å². The van der Waals surface area contributed by atoms with E-state index in [-0.39, 0.29) is 6.61 Å². The van der Waals surface area contributed by atoms with Gasteiger partial charge in [0.15, 0.2) is 0 Å². The highest BCUT2D eigenvalue weighted by molar-refractivity contribution is 5.80. The summed E-state index contributed by atoms with van der Waals surface area (Å²) in [5.74, 6) is -0.510. The van der Waals surface area contributed by atoms with Gasteiger partial charge >= 0.3 is 0 Å². The molecule has 0 heterocycles. The molecule has 3 atom stereocenters. The second-order valence-electron chi connectivity index (χ2n) is 16.7. The molecule has 0 saturated carbocycles. The molecule has 320 valence electrons. The Balaban J connectivity index is 3.61. The van der Waals surface area contributed by atoms with Crippen LogP contribution in [0.15, 0.2) is 24.3 Å². The third kappa shape index (κ3) is 39.1. The largest absolute Gasteiger partial charge is 0.394 e. The van der Waals surface area contributed by atoms with E-state index in [9.17, 15) is 20.1 Å². The number of unbranched alkanes of at least 4 members (excludes halogenated alkanes) is 34. The third-order valence-corrected chi connectivity index (χ3v) is 11.3. The summed E-state index contributed by atoms with van der Waals surface area (Å²) in [7, 11) is 0. The van der Waals surface area contributed by atoms with Gasteiger partial charge in [0.25, 0.3) is 0 Å². The SMILES string of the molecule is CCCCCCCCC/C=C\CCCCCCC(O)C(=O)NC(CO)C(O)/C=C/CCCCCCCCCCCCCCCCCCCCCCCCC. The van der Waals surface area contributed by atoms with E-state index in [4.69, 9.17) is 0 Å². The first-order valence-electron chi connectivity index (χ1n) is 24.2. The number of amides is 1. The molecular weight excluding hydrogens is 667 g/mol. The van der Waals surface area contributed by atoms with Gasteiger partial charge in [-0.3, -0.25) is 4.79 Å². The first-order valence-corrected chi connectivity index (χ1v) is 24.2. The monoisotopic (exact) mass is 762 g/mol. The van der Waals surface area contributed by atoms with Crippen molar-refractivity contribution >= 4 is 5.91 Å². The molecule has 1 amide bonds. The molecule has 0 aliphatic heterocycles. The number of carbonyl (C=O) groups excluding carboxylic acids is 1. The van der Waals surface area contributed by atoms with Crippen molar-refractivity contribution in [2.24, 2.45) is 0 Å². The van der Waals surface area contributed by atoms with Crippen LogP contribution in [0.2, 0.25) is 0 Å². The molecule has 0 saturated heterocycles. The zero-order valence-electron chi connectivity index (χ0n) is 36.4. The van der Waals surface area contributed by atoms with Crippen molar-refractivity contribution in [3.63, 3.8) is 0 Å². The van der Waals surface area contributed by atoms with E-state index in [1.807, 2.05) is 6.08 Å². The fraction of sp³-hybridized carbons (Fsp3) is 0.898. The molecule has 0 aliphatic carbocycles. The van der Waals surface area contributed by atoms with E-state index in [0.29, 0.717) is 6.42 Å². The van der Waals surface area contributed by atoms with E-state index in [1.165, 1.54) is 193 Å². The second kappa shape index (κ2) is 44.5. The van der Waals surface area contributed by atoms with Crippen LogP contribution >= 0.6 is 0 Å². The molecule has 0 aromatic rings. The van der Waals surface area contributed by atoms with Crippen LogP contribution in [0.5, 0.6) is 0 Å². The van der Waals surface area contributed by atoms with Gasteiger partial charge < -0.3 is 20.6 Å². The average molecular weight is 762 g/mol. The minimum absolute atomic E-state index is 0.365. The Morgan fingerprint density at radius 2 is 0.741 bits per heavy atom. The molecule has 3 unspecified atom stereocenters. The third-order valence-electron chi connectivity index (χ3n) is 11.3. The first kappa shape index (κ1) is 52.8. The summed E-state index contributed by atoms with van der Waals surface area (Å²) in [4.78, 5) is 12.5. The van der Waals surface area contributed by atoms with Gasteiger partial charge in [0, 0.05) is 0 Å². The van der Waals surface area contributed by atoms with Crippen molar-refractivity contribution < 1.29 is 20.1 Å². The molecule has 0 rings (SSSR count). The summed E-state index contributed by atoms with van der Waals surface area (Å²) in [6.45, 7) is 4.19. The summed E-state index contributed by atoms with van der Waals surface area (Å²) >= 11 is 0. The predicted molar refractivity (Wildman–Crippen MR) is 236 cm³/mol. The molecular formula is C49H95NO4. The van der Waals surface area contributed by atoms with Crippen LogP contribution in [-0.2, 0) is 4.79 Å². The van der Waals surface area contributed by atoms with Gasteiger partial charge in [-0.15, -0.1) is 0 Å². The lowest BCUT2D eigenvalue weighted by molar-refractivity contribution is -0.131. The number of carbonyl (C=O) groups is 1. The Hall–Kier alpha value is -1.17. The smallest absolute Gasteiger partial charge is 0.249 e. The highest BCUT2D eigenvalue weighted by Crippen LogP contribution is 2.16. The van der Waals surface area contributed by atoms with Crippen molar-refractivity contribution in [3.05, 3.63) is 24.3 Å². The molecule has 0 spiro atoms. The Morgan fingerprint density at radius 3 is 1.07 bits per heavy atom. The number of hydrogen-bond donors (Lipinski definition) is 4. The van der Waals surface area contributed by atoms with Crippen molar-refractivity contribution in [1.29, 1.82) is 0 Å². The minimum Gasteiger partial charge on any atom is -0.394 e. The van der Waals surface area contributed by atoms with Crippen molar-refractivity contribution in [1.82, 2.24) is 5.32 Å². The van der Waals surface area contributed by atoms with Crippen LogP contribution < -0.4 is 5.32 Å². The lowest BCUT2D eigenvalue weighted by Gasteiger charge is -2.21. The molecule has 5 nitrogen and oxygen atoms in total. The molecule has 0 aliphatic rings. The maximum Gasteiger partial charge on any atom is 0.249 e. The molecule has 0 aromatic heterocycles. The van der Waals surface area contributed by atoms with Gasteiger partial charge in [0.2, 0.25) is 5.91 Å². The highest BCUT2D eigenvalue weighted by Gasteiger charge is 2.22. The lowest BCUT2D eigenvalue weighted by Crippen LogP contribution is -2.48. The first-order chi connectivity index (χ1) is 26.6. The molecule has 0 aromatic carbocycles. The molecule has 0 radical (unpaired) electrons. The van der Waals surface area contributed by atoms with E-state index < -0.39 is 24.2 Å². The van der Waals surface area contributed by atoms with Crippen LogP contribution in [0.4, 0.5) is 0 Å². The van der Waals surface area contributed by atoms with Gasteiger partial charge in [-0.2, -0.15) is 0 Å². The summed E-state index contributed by atoms with van der Waals surface area (Å²) in [5.41, 5.74) is 0. The number of aliphatic hydroxyl groups is 3. The number of hydrogen-bond acceptors (Lipinski definition) is 4. The fourth-order valence-corrected chi connectivity index (χ4v) is 7.47. The number of rotatable bonds is 44. The fourth-order valence-electron chi connectivity index (χ4n) is 7.47. The highest BCUT2D eigenvalue weighted by atomic mass is 16.3. The molecule has 4 N–H and O–H groups in total. The number of allylic oxidation sites excluding steroid dienone is 3.